The number of carbonyl (C=O) groups excluding carboxylic acids is 1. The Morgan fingerprint density at radius 2 is 1.77 bits per heavy atom. The normalized spacial score (nSPS) is 15.2. The lowest BCUT2D eigenvalue weighted by Crippen LogP contribution is -2.41. The fourth-order valence-electron chi connectivity index (χ4n) is 2.93. The summed E-state index contributed by atoms with van der Waals surface area (Å²) in [5.41, 5.74) is 1.55. The molecule has 6 nitrogen and oxygen atoms in total. The first-order chi connectivity index (χ1) is 12.5. The van der Waals surface area contributed by atoms with E-state index in [1.54, 1.807) is 0 Å². The summed E-state index contributed by atoms with van der Waals surface area (Å²) in [5.74, 6) is 1.37. The highest BCUT2D eigenvalue weighted by atomic mass is 16.5. The predicted molar refractivity (Wildman–Crippen MR) is 98.5 cm³/mol. The maximum absolute atomic E-state index is 12.7. The number of amides is 1. The number of benzene rings is 1. The quantitative estimate of drug-likeness (QED) is 0.824. The van der Waals surface area contributed by atoms with Crippen molar-refractivity contribution in [2.24, 2.45) is 0 Å². The molecule has 0 radical (unpaired) electrons. The molecule has 1 amide bonds. The minimum atomic E-state index is 0.0506. The van der Waals surface area contributed by atoms with Crippen LogP contribution in [0.4, 0.5) is 0 Å². The molecule has 0 aliphatic carbocycles. The Balaban J connectivity index is 1.52. The summed E-state index contributed by atoms with van der Waals surface area (Å²) in [5, 5.41) is 8.04. The highest BCUT2D eigenvalue weighted by molar-refractivity contribution is 5.94. The van der Waals surface area contributed by atoms with Gasteiger partial charge in [-0.15, -0.1) is 5.10 Å². The van der Waals surface area contributed by atoms with Gasteiger partial charge in [0.1, 0.15) is 11.9 Å². The molecular weight excluding hydrogens is 330 g/mol. The van der Waals surface area contributed by atoms with E-state index in [0.29, 0.717) is 24.5 Å². The van der Waals surface area contributed by atoms with Crippen LogP contribution < -0.4 is 9.47 Å². The molecule has 1 saturated heterocycles. The van der Waals surface area contributed by atoms with E-state index < -0.39 is 0 Å². The number of aryl methyl sites for hydroxylation is 1. The van der Waals surface area contributed by atoms with Crippen molar-refractivity contribution in [1.29, 1.82) is 0 Å². The standard InChI is InChI=1S/C20H25N3O3/c1-14(2)25-17-7-5-16(6-8-17)20(24)23-12-10-18(11-13-23)26-19-9-4-15(3)21-22-19/h4-9,14,18H,10-13H2,1-3H3. The van der Waals surface area contributed by atoms with Gasteiger partial charge >= 0.3 is 0 Å². The number of hydrogen-bond donors (Lipinski definition) is 0. The third-order valence-electron chi connectivity index (χ3n) is 4.26. The molecule has 2 aromatic rings. The lowest BCUT2D eigenvalue weighted by Gasteiger charge is -2.32. The maximum Gasteiger partial charge on any atom is 0.253 e. The van der Waals surface area contributed by atoms with Gasteiger partial charge in [0.25, 0.3) is 5.91 Å². The summed E-state index contributed by atoms with van der Waals surface area (Å²) >= 11 is 0. The first kappa shape index (κ1) is 18.2. The highest BCUT2D eigenvalue weighted by Gasteiger charge is 2.25. The van der Waals surface area contributed by atoms with Crippen LogP contribution in [-0.4, -0.2) is 46.3 Å². The zero-order chi connectivity index (χ0) is 18.5. The average Bonchev–Trinajstić information content (AvgIpc) is 2.64. The van der Waals surface area contributed by atoms with Crippen LogP contribution in [0, 0.1) is 6.92 Å². The van der Waals surface area contributed by atoms with Crippen molar-refractivity contribution in [3.63, 3.8) is 0 Å². The number of aromatic nitrogens is 2. The van der Waals surface area contributed by atoms with Crippen LogP contribution in [0.3, 0.4) is 0 Å². The van der Waals surface area contributed by atoms with Crippen LogP contribution in [0.5, 0.6) is 11.6 Å². The second-order valence-corrected chi connectivity index (χ2v) is 6.81. The molecule has 3 rings (SSSR count). The van der Waals surface area contributed by atoms with Gasteiger partial charge in [-0.1, -0.05) is 0 Å². The largest absolute Gasteiger partial charge is 0.491 e. The van der Waals surface area contributed by atoms with Crippen molar-refractivity contribution >= 4 is 5.91 Å². The summed E-state index contributed by atoms with van der Waals surface area (Å²) in [6.45, 7) is 7.20. The molecule has 0 saturated carbocycles. The molecule has 1 aliphatic rings. The smallest absolute Gasteiger partial charge is 0.253 e. The first-order valence-corrected chi connectivity index (χ1v) is 9.04. The molecule has 1 fully saturated rings. The van der Waals surface area contributed by atoms with Gasteiger partial charge in [-0.2, -0.15) is 5.10 Å². The molecule has 138 valence electrons. The van der Waals surface area contributed by atoms with Crippen LogP contribution in [0.25, 0.3) is 0 Å². The number of hydrogen-bond acceptors (Lipinski definition) is 5. The predicted octanol–water partition coefficient (Wildman–Crippen LogP) is 3.26. The number of carbonyl (C=O) groups is 1. The summed E-state index contributed by atoms with van der Waals surface area (Å²) in [6, 6.07) is 11.1. The Hall–Kier alpha value is -2.63. The second kappa shape index (κ2) is 8.17. The third-order valence-corrected chi connectivity index (χ3v) is 4.26. The van der Waals surface area contributed by atoms with E-state index in [-0.39, 0.29) is 18.1 Å². The topological polar surface area (TPSA) is 64.5 Å². The number of nitrogens with zero attached hydrogens (tertiary/aromatic N) is 3. The van der Waals surface area contributed by atoms with Crippen molar-refractivity contribution in [2.75, 3.05) is 13.1 Å². The second-order valence-electron chi connectivity index (χ2n) is 6.81. The van der Waals surface area contributed by atoms with Crippen LogP contribution in [-0.2, 0) is 0 Å². The van der Waals surface area contributed by atoms with Gasteiger partial charge < -0.3 is 14.4 Å². The summed E-state index contributed by atoms with van der Waals surface area (Å²) in [7, 11) is 0. The molecule has 1 aromatic heterocycles. The molecule has 1 aromatic carbocycles. The molecule has 6 heteroatoms. The Labute approximate surface area is 154 Å². The number of piperidine rings is 1. The van der Waals surface area contributed by atoms with Gasteiger partial charge in [-0.25, -0.2) is 0 Å². The lowest BCUT2D eigenvalue weighted by molar-refractivity contribution is 0.0586. The number of rotatable bonds is 5. The van der Waals surface area contributed by atoms with Crippen molar-refractivity contribution in [3.05, 3.63) is 47.7 Å². The average molecular weight is 355 g/mol. The molecule has 1 aliphatic heterocycles. The maximum atomic E-state index is 12.7. The molecule has 0 N–H and O–H groups in total. The van der Waals surface area contributed by atoms with Gasteiger partial charge in [0.15, 0.2) is 0 Å². The number of likely N-dealkylation sites (tertiary alicyclic amines) is 1. The fraction of sp³-hybridized carbons (Fsp3) is 0.450. The van der Waals surface area contributed by atoms with E-state index in [1.807, 2.05) is 62.1 Å². The van der Waals surface area contributed by atoms with Crippen LogP contribution in [0.15, 0.2) is 36.4 Å². The Morgan fingerprint density at radius 1 is 1.08 bits per heavy atom. The van der Waals surface area contributed by atoms with Crippen molar-refractivity contribution < 1.29 is 14.3 Å². The fourth-order valence-corrected chi connectivity index (χ4v) is 2.93. The van der Waals surface area contributed by atoms with E-state index in [2.05, 4.69) is 10.2 Å². The number of ether oxygens (including phenoxy) is 2. The highest BCUT2D eigenvalue weighted by Crippen LogP contribution is 2.20. The van der Waals surface area contributed by atoms with Crippen LogP contribution in [0.2, 0.25) is 0 Å². The van der Waals surface area contributed by atoms with E-state index in [9.17, 15) is 4.79 Å². The molecule has 0 spiro atoms. The van der Waals surface area contributed by atoms with E-state index >= 15 is 0 Å². The van der Waals surface area contributed by atoms with Crippen molar-refractivity contribution in [2.45, 2.75) is 45.8 Å². The summed E-state index contributed by atoms with van der Waals surface area (Å²) in [6.07, 6.45) is 1.76. The zero-order valence-corrected chi connectivity index (χ0v) is 15.5. The minimum absolute atomic E-state index is 0.0506. The van der Waals surface area contributed by atoms with Gasteiger partial charge in [0.05, 0.1) is 11.8 Å². The van der Waals surface area contributed by atoms with E-state index in [0.717, 1.165) is 24.3 Å². The zero-order valence-electron chi connectivity index (χ0n) is 15.5. The van der Waals surface area contributed by atoms with Crippen molar-refractivity contribution in [3.8, 4) is 11.6 Å². The van der Waals surface area contributed by atoms with E-state index in [1.165, 1.54) is 0 Å². The van der Waals surface area contributed by atoms with Gasteiger partial charge in [-0.3, -0.25) is 4.79 Å². The Bertz CT molecular complexity index is 721. The Kier molecular flexibility index (Phi) is 5.71. The summed E-state index contributed by atoms with van der Waals surface area (Å²) < 4.78 is 11.5. The van der Waals surface area contributed by atoms with Gasteiger partial charge in [-0.05, 0) is 51.1 Å². The molecule has 0 bridgehead atoms. The SMILES string of the molecule is Cc1ccc(OC2CCN(C(=O)c3ccc(OC(C)C)cc3)CC2)nn1. The molecule has 26 heavy (non-hydrogen) atoms. The summed E-state index contributed by atoms with van der Waals surface area (Å²) in [4.78, 5) is 14.5. The molecule has 2 heterocycles. The van der Waals surface area contributed by atoms with Gasteiger partial charge in [0.2, 0.25) is 5.88 Å². The monoisotopic (exact) mass is 355 g/mol. The van der Waals surface area contributed by atoms with Crippen LogP contribution in [0.1, 0.15) is 42.7 Å². The van der Waals surface area contributed by atoms with E-state index in [4.69, 9.17) is 9.47 Å². The first-order valence-electron chi connectivity index (χ1n) is 9.04. The molecular formula is C20H25N3O3. The minimum Gasteiger partial charge on any atom is -0.491 e. The molecule has 0 atom stereocenters. The Morgan fingerprint density at radius 3 is 2.35 bits per heavy atom. The third kappa shape index (κ3) is 4.71. The molecule has 0 unspecified atom stereocenters. The van der Waals surface area contributed by atoms with Crippen molar-refractivity contribution in [1.82, 2.24) is 15.1 Å². The van der Waals surface area contributed by atoms with Crippen LogP contribution >= 0.6 is 0 Å². The van der Waals surface area contributed by atoms with Gasteiger partial charge in [0, 0.05) is 37.6 Å². The lowest BCUT2D eigenvalue weighted by atomic mass is 10.1.